The van der Waals surface area contributed by atoms with Crippen molar-refractivity contribution in [2.45, 2.75) is 93.9 Å². The zero-order valence-electron chi connectivity index (χ0n) is 39.8. The summed E-state index contributed by atoms with van der Waals surface area (Å²) in [6.07, 6.45) is 4.28. The van der Waals surface area contributed by atoms with E-state index in [4.69, 9.17) is 9.72 Å². The van der Waals surface area contributed by atoms with Crippen LogP contribution in [0.2, 0.25) is 0 Å². The standard InChI is InChI=1S/C59H62N4O/c1-38-27-39(2)56(40(3)28-38)43-25-26-60-55(30-43)63-52-24-21-42(41-17-14-13-15-18-41)29-51(52)50-23-22-48(35-53(50)63)64-49-33-45(58(7,8)9)32-47(34-49)62-37-61(36-54(62)59(10,11)12)46-20-16-19-44(31-46)57(4,5)6/h13-36H,37H2,1-12H3. The smallest absolute Gasteiger partial charge is 0.138 e. The fraction of sp³-hybridized carbons (Fsp3) is 0.271. The third-order valence-corrected chi connectivity index (χ3v) is 12.8. The van der Waals surface area contributed by atoms with E-state index in [1.54, 1.807) is 0 Å². The third-order valence-electron chi connectivity index (χ3n) is 12.8. The normalized spacial score (nSPS) is 13.6. The van der Waals surface area contributed by atoms with Crippen molar-refractivity contribution in [1.82, 2.24) is 9.55 Å². The lowest BCUT2D eigenvalue weighted by Crippen LogP contribution is -2.31. The molecule has 0 amide bonds. The van der Waals surface area contributed by atoms with Gasteiger partial charge in [-0.2, -0.15) is 0 Å². The van der Waals surface area contributed by atoms with Gasteiger partial charge < -0.3 is 14.5 Å². The molecule has 9 rings (SSSR count). The van der Waals surface area contributed by atoms with Crippen LogP contribution >= 0.6 is 0 Å². The van der Waals surface area contributed by atoms with Gasteiger partial charge in [0.1, 0.15) is 17.3 Å². The van der Waals surface area contributed by atoms with E-state index in [1.165, 1.54) is 61.3 Å². The number of aryl methyl sites for hydroxylation is 3. The number of pyridine rings is 1. The van der Waals surface area contributed by atoms with Crippen molar-refractivity contribution in [1.29, 1.82) is 0 Å². The maximum atomic E-state index is 7.03. The Hall–Kier alpha value is -6.59. The van der Waals surface area contributed by atoms with Gasteiger partial charge in [-0.1, -0.05) is 129 Å². The van der Waals surface area contributed by atoms with Crippen LogP contribution in [0.4, 0.5) is 11.4 Å². The molecular weight excluding hydrogens is 781 g/mol. The number of aromatic nitrogens is 2. The quantitative estimate of drug-likeness (QED) is 0.160. The summed E-state index contributed by atoms with van der Waals surface area (Å²) in [5.41, 5.74) is 16.7. The molecule has 5 heteroatoms. The SMILES string of the molecule is Cc1cc(C)c(-c2ccnc(-n3c4ccc(-c5ccccc5)cc4c4ccc(Oc5cc(N6CN(c7cccc(C(C)(C)C)c7)C=C6C(C)(C)C)cc(C(C)(C)C)c5)cc43)c2)c(C)c1. The minimum absolute atomic E-state index is 0.0575. The van der Waals surface area contributed by atoms with Gasteiger partial charge in [0.15, 0.2) is 0 Å². The van der Waals surface area contributed by atoms with E-state index >= 15 is 0 Å². The summed E-state index contributed by atoms with van der Waals surface area (Å²) in [6, 6.07) is 48.6. The van der Waals surface area contributed by atoms with Crippen LogP contribution in [0.5, 0.6) is 11.5 Å². The first kappa shape index (κ1) is 42.7. The number of hydrogen-bond acceptors (Lipinski definition) is 4. The van der Waals surface area contributed by atoms with E-state index in [9.17, 15) is 0 Å². The highest BCUT2D eigenvalue weighted by Gasteiger charge is 2.33. The number of allylic oxidation sites excluding steroid dienone is 1. The Balaban J connectivity index is 1.16. The van der Waals surface area contributed by atoms with Crippen molar-refractivity contribution in [2.24, 2.45) is 5.41 Å². The van der Waals surface area contributed by atoms with Gasteiger partial charge in [0.2, 0.25) is 0 Å². The summed E-state index contributed by atoms with van der Waals surface area (Å²) in [5, 5.41) is 2.31. The predicted octanol–water partition coefficient (Wildman–Crippen LogP) is 16.0. The second-order valence-corrected chi connectivity index (χ2v) is 21.0. The molecule has 6 aromatic carbocycles. The van der Waals surface area contributed by atoms with Crippen molar-refractivity contribution in [3.63, 3.8) is 0 Å². The fourth-order valence-corrected chi connectivity index (χ4v) is 9.43. The van der Waals surface area contributed by atoms with Gasteiger partial charge in [0.05, 0.1) is 17.7 Å². The maximum absolute atomic E-state index is 7.03. The highest BCUT2D eigenvalue weighted by atomic mass is 16.5. The molecule has 0 saturated heterocycles. The van der Waals surface area contributed by atoms with Crippen molar-refractivity contribution in [3.8, 4) is 39.6 Å². The molecule has 0 radical (unpaired) electrons. The summed E-state index contributed by atoms with van der Waals surface area (Å²) in [5.74, 6) is 2.45. The number of nitrogens with zero attached hydrogens (tertiary/aromatic N) is 4. The molecule has 0 N–H and O–H groups in total. The molecule has 0 saturated carbocycles. The van der Waals surface area contributed by atoms with Crippen LogP contribution in [0.1, 0.15) is 90.1 Å². The molecule has 324 valence electrons. The minimum atomic E-state index is -0.113. The van der Waals surface area contributed by atoms with Gasteiger partial charge in [0, 0.05) is 57.8 Å². The van der Waals surface area contributed by atoms with Crippen LogP contribution in [0, 0.1) is 26.2 Å². The lowest BCUT2D eigenvalue weighted by atomic mass is 9.86. The first-order valence-electron chi connectivity index (χ1n) is 22.7. The van der Waals surface area contributed by atoms with Gasteiger partial charge >= 0.3 is 0 Å². The van der Waals surface area contributed by atoms with Crippen molar-refractivity contribution in [2.75, 3.05) is 16.5 Å². The fourth-order valence-electron chi connectivity index (χ4n) is 9.43. The van der Waals surface area contributed by atoms with Crippen LogP contribution in [-0.2, 0) is 10.8 Å². The van der Waals surface area contributed by atoms with Crippen LogP contribution in [0.3, 0.4) is 0 Å². The number of fused-ring (bicyclic) bond motifs is 3. The summed E-state index contributed by atoms with van der Waals surface area (Å²) in [6.45, 7) is 27.9. The molecule has 5 nitrogen and oxygen atoms in total. The predicted molar refractivity (Wildman–Crippen MR) is 271 cm³/mol. The molecule has 0 bridgehead atoms. The van der Waals surface area contributed by atoms with Gasteiger partial charge in [-0.05, 0) is 137 Å². The molecule has 8 aromatic rings. The molecule has 3 heterocycles. The molecule has 0 atom stereocenters. The average Bonchev–Trinajstić information content (AvgIpc) is 3.84. The molecule has 1 aliphatic rings. The zero-order valence-corrected chi connectivity index (χ0v) is 39.8. The van der Waals surface area contributed by atoms with Gasteiger partial charge in [-0.15, -0.1) is 0 Å². The Bertz CT molecular complexity index is 3070. The molecule has 0 spiro atoms. The number of anilines is 2. The molecular formula is C59H62N4O. The van der Waals surface area contributed by atoms with E-state index in [2.05, 4.69) is 237 Å². The molecule has 0 unspecified atom stereocenters. The Kier molecular flexibility index (Phi) is 10.6. The highest BCUT2D eigenvalue weighted by molar-refractivity contribution is 6.10. The van der Waals surface area contributed by atoms with Crippen molar-refractivity contribution >= 4 is 33.2 Å². The zero-order chi connectivity index (χ0) is 45.3. The monoisotopic (exact) mass is 842 g/mol. The number of rotatable bonds is 7. The number of ether oxygens (including phenoxy) is 1. The van der Waals surface area contributed by atoms with Crippen molar-refractivity contribution < 1.29 is 4.74 Å². The molecule has 1 aliphatic heterocycles. The molecule has 64 heavy (non-hydrogen) atoms. The Labute approximate surface area is 380 Å². The summed E-state index contributed by atoms with van der Waals surface area (Å²) in [4.78, 5) is 9.91. The molecule has 0 fully saturated rings. The Morgan fingerprint density at radius 1 is 0.516 bits per heavy atom. The van der Waals surface area contributed by atoms with Gasteiger partial charge in [0.25, 0.3) is 0 Å². The van der Waals surface area contributed by atoms with E-state index in [0.29, 0.717) is 6.67 Å². The number of hydrogen-bond donors (Lipinski definition) is 0. The van der Waals surface area contributed by atoms with Gasteiger partial charge in [-0.25, -0.2) is 4.98 Å². The third kappa shape index (κ3) is 8.20. The van der Waals surface area contributed by atoms with E-state index in [0.717, 1.165) is 45.0 Å². The van der Waals surface area contributed by atoms with E-state index in [1.807, 2.05) is 6.20 Å². The lowest BCUT2D eigenvalue weighted by molar-refractivity contribution is 0.477. The maximum Gasteiger partial charge on any atom is 0.138 e. The first-order chi connectivity index (χ1) is 30.3. The first-order valence-corrected chi connectivity index (χ1v) is 22.7. The number of benzene rings is 6. The molecule has 0 aliphatic carbocycles. The van der Waals surface area contributed by atoms with Crippen molar-refractivity contribution in [3.05, 3.63) is 179 Å². The minimum Gasteiger partial charge on any atom is -0.457 e. The molecule has 2 aromatic heterocycles. The Morgan fingerprint density at radius 2 is 1.23 bits per heavy atom. The largest absolute Gasteiger partial charge is 0.457 e. The van der Waals surface area contributed by atoms with Gasteiger partial charge in [-0.3, -0.25) is 4.57 Å². The van der Waals surface area contributed by atoms with Crippen LogP contribution in [0.25, 0.3) is 49.9 Å². The van der Waals surface area contributed by atoms with Crippen LogP contribution < -0.4 is 14.5 Å². The average molecular weight is 843 g/mol. The second kappa shape index (κ2) is 15.9. The van der Waals surface area contributed by atoms with E-state index in [-0.39, 0.29) is 16.2 Å². The summed E-state index contributed by atoms with van der Waals surface area (Å²) in [7, 11) is 0. The summed E-state index contributed by atoms with van der Waals surface area (Å²) < 4.78 is 9.34. The van der Waals surface area contributed by atoms with Crippen LogP contribution in [0.15, 0.2) is 152 Å². The summed E-state index contributed by atoms with van der Waals surface area (Å²) >= 11 is 0. The van der Waals surface area contributed by atoms with Crippen LogP contribution in [-0.4, -0.2) is 16.2 Å². The Morgan fingerprint density at radius 3 is 1.94 bits per heavy atom. The second-order valence-electron chi connectivity index (χ2n) is 21.0. The van der Waals surface area contributed by atoms with E-state index < -0.39 is 0 Å². The highest BCUT2D eigenvalue weighted by Crippen LogP contribution is 2.43. The topological polar surface area (TPSA) is 33.5 Å². The lowest BCUT2D eigenvalue weighted by Gasteiger charge is -2.32.